The van der Waals surface area contributed by atoms with Gasteiger partial charge < -0.3 is 5.73 Å². The van der Waals surface area contributed by atoms with Crippen molar-refractivity contribution in [3.8, 4) is 0 Å². The lowest BCUT2D eigenvalue weighted by molar-refractivity contribution is 0.599. The molecule has 2 rings (SSSR count). The average Bonchev–Trinajstić information content (AvgIpc) is 2.36. The molecule has 0 fully saturated rings. The van der Waals surface area contributed by atoms with E-state index in [9.17, 15) is 12.8 Å². The number of nitrogens with two attached hydrogens (primary N) is 1. The highest BCUT2D eigenvalue weighted by Gasteiger charge is 2.20. The van der Waals surface area contributed by atoms with Crippen molar-refractivity contribution < 1.29 is 12.8 Å². The molecule has 0 spiro atoms. The largest absolute Gasteiger partial charge is 0.398 e. The molecule has 1 aromatic carbocycles. The van der Waals surface area contributed by atoms with Crippen LogP contribution in [0.15, 0.2) is 40.0 Å². The van der Waals surface area contributed by atoms with Crippen molar-refractivity contribution in [3.63, 3.8) is 0 Å². The number of aromatic nitrogens is 1. The monoisotopic (exact) mass is 359 g/mol. The number of hydrogen-bond donors (Lipinski definition) is 2. The van der Waals surface area contributed by atoms with Gasteiger partial charge in [-0.2, -0.15) is 0 Å². The second-order valence-electron chi connectivity index (χ2n) is 4.10. The molecule has 0 radical (unpaired) electrons. The van der Waals surface area contributed by atoms with E-state index in [1.54, 1.807) is 19.2 Å². The molecule has 2 aromatic rings. The number of halogens is 2. The van der Waals surface area contributed by atoms with Crippen LogP contribution in [-0.2, 0) is 10.0 Å². The van der Waals surface area contributed by atoms with Crippen LogP contribution in [0, 0.1) is 12.7 Å². The molecule has 0 bridgehead atoms. The molecule has 106 valence electrons. The first-order valence-corrected chi connectivity index (χ1v) is 7.77. The third-order valence-corrected chi connectivity index (χ3v) is 4.65. The van der Waals surface area contributed by atoms with E-state index in [2.05, 4.69) is 25.6 Å². The highest BCUT2D eigenvalue weighted by molar-refractivity contribution is 9.10. The highest BCUT2D eigenvalue weighted by Crippen LogP contribution is 2.28. The molecule has 8 heteroatoms. The lowest BCUT2D eigenvalue weighted by Gasteiger charge is -2.12. The molecule has 1 aromatic heterocycles. The number of anilines is 2. The molecule has 0 aliphatic carbocycles. The van der Waals surface area contributed by atoms with Gasteiger partial charge in [0.2, 0.25) is 0 Å². The lowest BCUT2D eigenvalue weighted by Crippen LogP contribution is -2.16. The maximum atomic E-state index is 13.3. The summed E-state index contributed by atoms with van der Waals surface area (Å²) in [6, 6.07) is 3.75. The minimum atomic E-state index is -3.92. The van der Waals surface area contributed by atoms with Crippen molar-refractivity contribution in [2.45, 2.75) is 11.8 Å². The van der Waals surface area contributed by atoms with E-state index in [0.717, 1.165) is 12.1 Å². The Labute approximate surface area is 124 Å². The first-order valence-electron chi connectivity index (χ1n) is 5.49. The van der Waals surface area contributed by atoms with Gasteiger partial charge in [-0.1, -0.05) is 0 Å². The number of pyridine rings is 1. The van der Waals surface area contributed by atoms with Crippen molar-refractivity contribution in [1.82, 2.24) is 4.98 Å². The van der Waals surface area contributed by atoms with Gasteiger partial charge in [0.25, 0.3) is 10.0 Å². The number of sulfonamides is 1. The van der Waals surface area contributed by atoms with Crippen molar-refractivity contribution >= 4 is 37.3 Å². The van der Waals surface area contributed by atoms with E-state index in [1.165, 1.54) is 6.20 Å². The Morgan fingerprint density at radius 3 is 2.75 bits per heavy atom. The fraction of sp³-hybridized carbons (Fsp3) is 0.0833. The Hall–Kier alpha value is -1.67. The van der Waals surface area contributed by atoms with Gasteiger partial charge in [0.1, 0.15) is 10.7 Å². The summed E-state index contributed by atoms with van der Waals surface area (Å²) < 4.78 is 40.2. The molecule has 0 amide bonds. The van der Waals surface area contributed by atoms with Crippen LogP contribution in [0.4, 0.5) is 15.8 Å². The molecule has 0 atom stereocenters. The second kappa shape index (κ2) is 5.37. The van der Waals surface area contributed by atoms with Gasteiger partial charge in [-0.25, -0.2) is 12.8 Å². The summed E-state index contributed by atoms with van der Waals surface area (Å²) in [4.78, 5) is 3.65. The summed E-state index contributed by atoms with van der Waals surface area (Å²) in [6.07, 6.45) is 2.94. The Bertz CT molecular complexity index is 765. The van der Waals surface area contributed by atoms with Crippen LogP contribution in [-0.4, -0.2) is 13.4 Å². The minimum Gasteiger partial charge on any atom is -0.398 e. The van der Waals surface area contributed by atoms with Crippen LogP contribution in [0.1, 0.15) is 5.56 Å². The van der Waals surface area contributed by atoms with Gasteiger partial charge >= 0.3 is 0 Å². The normalized spacial score (nSPS) is 11.3. The third-order valence-electron chi connectivity index (χ3n) is 2.63. The van der Waals surface area contributed by atoms with Crippen LogP contribution in [0.3, 0.4) is 0 Å². The third kappa shape index (κ3) is 2.91. The smallest absolute Gasteiger partial charge is 0.264 e. The molecule has 0 aliphatic heterocycles. The number of aryl methyl sites for hydroxylation is 1. The van der Waals surface area contributed by atoms with E-state index in [4.69, 9.17) is 5.73 Å². The number of nitrogens with zero attached hydrogens (tertiary/aromatic N) is 1. The van der Waals surface area contributed by atoms with Crippen molar-refractivity contribution in [2.75, 3.05) is 10.5 Å². The Kier molecular flexibility index (Phi) is 3.96. The maximum Gasteiger partial charge on any atom is 0.264 e. The molecule has 5 nitrogen and oxygen atoms in total. The summed E-state index contributed by atoms with van der Waals surface area (Å²) in [7, 11) is -3.92. The quantitative estimate of drug-likeness (QED) is 0.825. The number of nitrogen functional groups attached to an aromatic ring is 1. The van der Waals surface area contributed by atoms with Gasteiger partial charge in [-0.05, 0) is 46.6 Å². The maximum absolute atomic E-state index is 13.3. The fourth-order valence-corrected chi connectivity index (χ4v) is 3.30. The van der Waals surface area contributed by atoms with Gasteiger partial charge in [0, 0.05) is 6.20 Å². The number of benzene rings is 1. The predicted octanol–water partition coefficient (Wildman–Crippen LogP) is 2.67. The van der Waals surface area contributed by atoms with Crippen molar-refractivity contribution in [1.29, 1.82) is 0 Å². The molecule has 20 heavy (non-hydrogen) atoms. The summed E-state index contributed by atoms with van der Waals surface area (Å²) >= 11 is 2.94. The number of hydrogen-bond acceptors (Lipinski definition) is 4. The molecule has 1 heterocycles. The topological polar surface area (TPSA) is 85.1 Å². The lowest BCUT2D eigenvalue weighted by atomic mass is 10.3. The van der Waals surface area contributed by atoms with Crippen molar-refractivity contribution in [3.05, 3.63) is 46.4 Å². The van der Waals surface area contributed by atoms with E-state index >= 15 is 0 Å². The van der Waals surface area contributed by atoms with Gasteiger partial charge in [0.15, 0.2) is 0 Å². The van der Waals surface area contributed by atoms with Crippen molar-refractivity contribution in [2.24, 2.45) is 0 Å². The Balaban J connectivity index is 2.47. The van der Waals surface area contributed by atoms with Crippen LogP contribution < -0.4 is 10.5 Å². The number of rotatable bonds is 3. The first kappa shape index (κ1) is 14.7. The zero-order valence-corrected chi connectivity index (χ0v) is 12.8. The van der Waals surface area contributed by atoms with E-state index in [-0.39, 0.29) is 15.1 Å². The summed E-state index contributed by atoms with van der Waals surface area (Å²) in [5, 5.41) is 0. The summed E-state index contributed by atoms with van der Waals surface area (Å²) in [5.74, 6) is -0.626. The van der Waals surface area contributed by atoms with Crippen LogP contribution in [0.5, 0.6) is 0 Å². The Morgan fingerprint density at radius 2 is 2.10 bits per heavy atom. The Morgan fingerprint density at radius 1 is 1.40 bits per heavy atom. The highest BCUT2D eigenvalue weighted by atomic mass is 79.9. The van der Waals surface area contributed by atoms with E-state index < -0.39 is 15.8 Å². The van der Waals surface area contributed by atoms with Crippen LogP contribution in [0.25, 0.3) is 0 Å². The van der Waals surface area contributed by atoms with Gasteiger partial charge in [-0.3, -0.25) is 9.71 Å². The average molecular weight is 360 g/mol. The molecular weight excluding hydrogens is 349 g/mol. The number of nitrogens with one attached hydrogen (secondary N) is 1. The van der Waals surface area contributed by atoms with E-state index in [0.29, 0.717) is 11.3 Å². The molecule has 0 aliphatic rings. The fourth-order valence-electron chi connectivity index (χ4n) is 1.55. The second-order valence-corrected chi connectivity index (χ2v) is 6.61. The molecule has 3 N–H and O–H groups in total. The molecule has 0 unspecified atom stereocenters. The summed E-state index contributed by atoms with van der Waals surface area (Å²) in [5.41, 5.74) is 6.46. The minimum absolute atomic E-state index is 0.0231. The van der Waals surface area contributed by atoms with E-state index in [1.807, 2.05) is 0 Å². The van der Waals surface area contributed by atoms with Crippen LogP contribution in [0.2, 0.25) is 0 Å². The van der Waals surface area contributed by atoms with Gasteiger partial charge in [0.05, 0.1) is 22.0 Å². The molecule has 0 saturated carbocycles. The predicted molar refractivity (Wildman–Crippen MR) is 78.3 cm³/mol. The SMILES string of the molecule is Cc1ccncc1NS(=O)(=O)c1cc(Br)c(F)cc1N. The van der Waals surface area contributed by atoms with Crippen LogP contribution >= 0.6 is 15.9 Å². The molecular formula is C12H11BrFN3O2S. The standard InChI is InChI=1S/C12H11BrFN3O2S/c1-7-2-3-16-6-11(7)17-20(18,19)12-4-8(13)9(14)5-10(12)15/h2-6,17H,15H2,1H3. The zero-order chi connectivity index (χ0) is 14.9. The summed E-state index contributed by atoms with van der Waals surface area (Å²) in [6.45, 7) is 1.74. The van der Waals surface area contributed by atoms with Gasteiger partial charge in [-0.15, -0.1) is 0 Å². The first-order chi connectivity index (χ1) is 9.31. The zero-order valence-electron chi connectivity index (χ0n) is 10.4. The molecule has 0 saturated heterocycles.